The maximum atomic E-state index is 13.2. The quantitative estimate of drug-likeness (QED) is 0.335. The number of nitrogens with one attached hydrogen (secondary N) is 2. The van der Waals surface area contributed by atoms with Crippen molar-refractivity contribution in [1.29, 1.82) is 0 Å². The van der Waals surface area contributed by atoms with Gasteiger partial charge in [-0.2, -0.15) is 0 Å². The number of nitrogens with zero attached hydrogens (tertiary/aromatic N) is 2. The fourth-order valence-corrected chi connectivity index (χ4v) is 3.28. The number of hydrogen-bond donors (Lipinski definition) is 3. The van der Waals surface area contributed by atoms with Crippen molar-refractivity contribution in [1.82, 2.24) is 15.5 Å². The number of primary amides is 1. The van der Waals surface area contributed by atoms with E-state index in [1.54, 1.807) is 19.2 Å². The molecule has 0 aliphatic carbocycles. The van der Waals surface area contributed by atoms with E-state index in [4.69, 9.17) is 10.5 Å². The molecule has 2 atom stereocenters. The molecule has 0 bridgehead atoms. The SMILES string of the molecule is CN=C(NCCCN1CCCC(C(N)=O)C1)NCC(C)Oc1cccc(F)c1. The van der Waals surface area contributed by atoms with E-state index in [2.05, 4.69) is 20.5 Å². The zero-order chi connectivity index (χ0) is 20.4. The highest BCUT2D eigenvalue weighted by Gasteiger charge is 2.23. The molecule has 1 amide bonds. The second-order valence-corrected chi connectivity index (χ2v) is 7.16. The van der Waals surface area contributed by atoms with Crippen molar-refractivity contribution >= 4 is 11.9 Å². The van der Waals surface area contributed by atoms with Crippen LogP contribution in [0, 0.1) is 11.7 Å². The van der Waals surface area contributed by atoms with Gasteiger partial charge in [0, 0.05) is 26.2 Å². The molecule has 1 aromatic rings. The smallest absolute Gasteiger partial charge is 0.221 e. The summed E-state index contributed by atoms with van der Waals surface area (Å²) in [6.07, 6.45) is 2.73. The average Bonchev–Trinajstić information content (AvgIpc) is 2.67. The minimum atomic E-state index is -0.314. The molecule has 8 heteroatoms. The molecule has 0 radical (unpaired) electrons. The third kappa shape index (κ3) is 7.72. The molecule has 28 heavy (non-hydrogen) atoms. The zero-order valence-corrected chi connectivity index (χ0v) is 16.8. The van der Waals surface area contributed by atoms with Crippen molar-refractivity contribution < 1.29 is 13.9 Å². The molecule has 0 aromatic heterocycles. The van der Waals surface area contributed by atoms with Gasteiger partial charge in [0.15, 0.2) is 5.96 Å². The topological polar surface area (TPSA) is 92.0 Å². The Bertz CT molecular complexity index is 655. The van der Waals surface area contributed by atoms with E-state index in [9.17, 15) is 9.18 Å². The van der Waals surface area contributed by atoms with E-state index in [0.29, 0.717) is 18.3 Å². The number of aliphatic imine (C=N–C) groups is 1. The molecule has 156 valence electrons. The first-order valence-electron chi connectivity index (χ1n) is 9.86. The molecule has 1 saturated heterocycles. The lowest BCUT2D eigenvalue weighted by Crippen LogP contribution is -2.44. The van der Waals surface area contributed by atoms with E-state index in [1.165, 1.54) is 12.1 Å². The molecule has 0 spiro atoms. The predicted molar refractivity (Wildman–Crippen MR) is 109 cm³/mol. The number of hydrogen-bond acceptors (Lipinski definition) is 4. The molecule has 1 fully saturated rings. The molecule has 2 rings (SSSR count). The van der Waals surface area contributed by atoms with Gasteiger partial charge in [-0.05, 0) is 51.4 Å². The van der Waals surface area contributed by atoms with Gasteiger partial charge < -0.3 is 26.0 Å². The van der Waals surface area contributed by atoms with E-state index in [-0.39, 0.29) is 23.7 Å². The fraction of sp³-hybridized carbons (Fsp3) is 0.600. The second kappa shape index (κ2) is 11.5. The number of benzene rings is 1. The summed E-state index contributed by atoms with van der Waals surface area (Å²) in [6.45, 7) is 5.94. The summed E-state index contributed by atoms with van der Waals surface area (Å²) < 4.78 is 18.9. The van der Waals surface area contributed by atoms with Crippen LogP contribution in [0.1, 0.15) is 26.2 Å². The van der Waals surface area contributed by atoms with Crippen LogP contribution >= 0.6 is 0 Å². The highest BCUT2D eigenvalue weighted by molar-refractivity contribution is 5.79. The monoisotopic (exact) mass is 393 g/mol. The number of carbonyl (C=O) groups is 1. The number of rotatable bonds is 9. The Hall–Kier alpha value is -2.35. The van der Waals surface area contributed by atoms with Crippen LogP contribution in [0.25, 0.3) is 0 Å². The zero-order valence-electron chi connectivity index (χ0n) is 16.8. The van der Waals surface area contributed by atoms with Crippen molar-refractivity contribution in [3.8, 4) is 5.75 Å². The van der Waals surface area contributed by atoms with Crippen LogP contribution in [0.5, 0.6) is 5.75 Å². The van der Waals surface area contributed by atoms with Crippen LogP contribution in [-0.2, 0) is 4.79 Å². The number of nitrogens with two attached hydrogens (primary N) is 1. The van der Waals surface area contributed by atoms with Crippen LogP contribution in [0.2, 0.25) is 0 Å². The second-order valence-electron chi connectivity index (χ2n) is 7.16. The van der Waals surface area contributed by atoms with Gasteiger partial charge in [-0.25, -0.2) is 4.39 Å². The van der Waals surface area contributed by atoms with Crippen molar-refractivity contribution in [2.75, 3.05) is 39.8 Å². The molecule has 1 heterocycles. The molecular formula is C20H32FN5O2. The summed E-state index contributed by atoms with van der Waals surface area (Å²) in [5, 5.41) is 6.49. The molecule has 4 N–H and O–H groups in total. The van der Waals surface area contributed by atoms with Crippen LogP contribution in [0.3, 0.4) is 0 Å². The first-order chi connectivity index (χ1) is 13.5. The summed E-state index contributed by atoms with van der Waals surface area (Å²) in [7, 11) is 1.72. The maximum Gasteiger partial charge on any atom is 0.221 e. The predicted octanol–water partition coefficient (Wildman–Crippen LogP) is 1.35. The number of ether oxygens (including phenoxy) is 1. The maximum absolute atomic E-state index is 13.2. The molecule has 2 unspecified atom stereocenters. The Kier molecular flexibility index (Phi) is 9.00. The lowest BCUT2D eigenvalue weighted by atomic mass is 9.97. The molecule has 1 aliphatic heterocycles. The average molecular weight is 394 g/mol. The fourth-order valence-electron chi connectivity index (χ4n) is 3.28. The van der Waals surface area contributed by atoms with Gasteiger partial charge in [-0.1, -0.05) is 6.07 Å². The van der Waals surface area contributed by atoms with Crippen LogP contribution in [-0.4, -0.2) is 62.6 Å². The van der Waals surface area contributed by atoms with E-state index < -0.39 is 0 Å². The third-order valence-corrected chi connectivity index (χ3v) is 4.77. The van der Waals surface area contributed by atoms with Crippen molar-refractivity contribution in [2.45, 2.75) is 32.3 Å². The Morgan fingerprint density at radius 2 is 2.29 bits per heavy atom. The number of likely N-dealkylation sites (tertiary alicyclic amines) is 1. The molecular weight excluding hydrogens is 361 g/mol. The van der Waals surface area contributed by atoms with Gasteiger partial charge in [-0.15, -0.1) is 0 Å². The highest BCUT2D eigenvalue weighted by atomic mass is 19.1. The number of amides is 1. The van der Waals surface area contributed by atoms with Gasteiger partial charge >= 0.3 is 0 Å². The Balaban J connectivity index is 1.62. The van der Waals surface area contributed by atoms with Crippen molar-refractivity contribution in [3.05, 3.63) is 30.1 Å². The van der Waals surface area contributed by atoms with E-state index in [0.717, 1.165) is 45.4 Å². The van der Waals surface area contributed by atoms with Crippen molar-refractivity contribution in [3.63, 3.8) is 0 Å². The summed E-state index contributed by atoms with van der Waals surface area (Å²) in [5.74, 6) is 0.681. The van der Waals surface area contributed by atoms with Gasteiger partial charge in [0.1, 0.15) is 17.7 Å². The van der Waals surface area contributed by atoms with Crippen LogP contribution in [0.4, 0.5) is 4.39 Å². The van der Waals surface area contributed by atoms with Gasteiger partial charge in [0.2, 0.25) is 5.91 Å². The van der Waals surface area contributed by atoms with E-state index >= 15 is 0 Å². The number of guanidine groups is 1. The standard InChI is InChI=1S/C20H32FN5O2/c1-15(28-18-8-3-7-17(21)12-18)13-25-20(23-2)24-9-5-11-26-10-4-6-16(14-26)19(22)27/h3,7-8,12,15-16H,4-6,9-11,13-14H2,1-2H3,(H2,22,27)(H2,23,24,25). The van der Waals surface area contributed by atoms with Crippen LogP contribution in [0.15, 0.2) is 29.3 Å². The van der Waals surface area contributed by atoms with Crippen LogP contribution < -0.4 is 21.1 Å². The van der Waals surface area contributed by atoms with Gasteiger partial charge in [0.25, 0.3) is 0 Å². The molecule has 7 nitrogen and oxygen atoms in total. The highest BCUT2D eigenvalue weighted by Crippen LogP contribution is 2.16. The summed E-state index contributed by atoms with van der Waals surface area (Å²) in [4.78, 5) is 17.8. The third-order valence-electron chi connectivity index (χ3n) is 4.77. The first kappa shape index (κ1) is 21.9. The Morgan fingerprint density at radius 1 is 1.46 bits per heavy atom. The molecule has 1 aliphatic rings. The minimum absolute atomic E-state index is 0.0179. The lowest BCUT2D eigenvalue weighted by Gasteiger charge is -2.31. The summed E-state index contributed by atoms with van der Waals surface area (Å²) in [6, 6.07) is 6.11. The Morgan fingerprint density at radius 3 is 3.00 bits per heavy atom. The summed E-state index contributed by atoms with van der Waals surface area (Å²) >= 11 is 0. The largest absolute Gasteiger partial charge is 0.489 e. The number of piperidine rings is 1. The first-order valence-corrected chi connectivity index (χ1v) is 9.86. The number of halogens is 1. The van der Waals surface area contributed by atoms with Crippen molar-refractivity contribution in [2.24, 2.45) is 16.6 Å². The summed E-state index contributed by atoms with van der Waals surface area (Å²) in [5.41, 5.74) is 5.42. The lowest BCUT2D eigenvalue weighted by molar-refractivity contribution is -0.123. The van der Waals surface area contributed by atoms with Gasteiger partial charge in [0.05, 0.1) is 12.5 Å². The Labute approximate surface area is 166 Å². The van der Waals surface area contributed by atoms with Gasteiger partial charge in [-0.3, -0.25) is 9.79 Å². The molecule has 0 saturated carbocycles. The minimum Gasteiger partial charge on any atom is -0.489 e. The normalized spacial score (nSPS) is 19.1. The molecule has 1 aromatic carbocycles. The number of carbonyl (C=O) groups excluding carboxylic acids is 1. The van der Waals surface area contributed by atoms with E-state index in [1.807, 2.05) is 6.92 Å².